The molecule has 0 aliphatic heterocycles. The number of methoxy groups -OCH3 is 1. The van der Waals surface area contributed by atoms with Gasteiger partial charge in [0.1, 0.15) is 0 Å². The maximum atomic E-state index is 11.8. The van der Waals surface area contributed by atoms with Crippen LogP contribution in [-0.4, -0.2) is 38.6 Å². The normalized spacial score (nSPS) is 15.1. The number of H-pyrrole nitrogens is 1. The van der Waals surface area contributed by atoms with E-state index in [1.807, 2.05) is 0 Å². The molecule has 1 heterocycles. The smallest absolute Gasteiger partial charge is 0.346 e. The third-order valence-corrected chi connectivity index (χ3v) is 3.39. The van der Waals surface area contributed by atoms with Crippen molar-refractivity contribution in [2.24, 2.45) is 0 Å². The van der Waals surface area contributed by atoms with Gasteiger partial charge < -0.3 is 24.2 Å². The summed E-state index contributed by atoms with van der Waals surface area (Å²) < 4.78 is 21.5. The summed E-state index contributed by atoms with van der Waals surface area (Å²) in [4.78, 5) is 43.6. The lowest BCUT2D eigenvalue weighted by molar-refractivity contribution is -0.114. The van der Waals surface area contributed by atoms with Gasteiger partial charge in [-0.3, -0.25) is 13.9 Å². The number of nitrogens with one attached hydrogen (secondary N) is 1. The molecule has 9 nitrogen and oxygen atoms in total. The first-order valence-electron chi connectivity index (χ1n) is 5.69. The van der Waals surface area contributed by atoms with Crippen LogP contribution in [0.2, 0.25) is 0 Å². The predicted molar refractivity (Wildman–Crippen MR) is 69.4 cm³/mol. The van der Waals surface area contributed by atoms with Crippen LogP contribution >= 0.6 is 7.60 Å². The highest BCUT2D eigenvalue weighted by atomic mass is 31.2. The van der Waals surface area contributed by atoms with Gasteiger partial charge in [0.25, 0.3) is 11.6 Å². The van der Waals surface area contributed by atoms with Crippen LogP contribution in [0.3, 0.4) is 0 Å². The molecular weight excluding hydrogens is 291 g/mol. The number of rotatable bonds is 6. The summed E-state index contributed by atoms with van der Waals surface area (Å²) in [5, 5.41) is 0. The Morgan fingerprint density at radius 1 is 1.45 bits per heavy atom. The SMILES string of the molecule is COC(OC(C)Cn1c(=O)[nH]cc(C)c1=O)P(=O)(O)O. The second kappa shape index (κ2) is 6.47. The molecule has 0 saturated carbocycles. The highest BCUT2D eigenvalue weighted by Crippen LogP contribution is 2.42. The zero-order valence-corrected chi connectivity index (χ0v) is 12.2. The number of ether oxygens (including phenoxy) is 2. The Labute approximate surface area is 114 Å². The van der Waals surface area contributed by atoms with Gasteiger partial charge in [-0.25, -0.2) is 4.79 Å². The molecule has 2 atom stereocenters. The molecule has 0 aliphatic carbocycles. The van der Waals surface area contributed by atoms with Gasteiger partial charge in [0.15, 0.2) is 0 Å². The molecule has 0 radical (unpaired) electrons. The maximum Gasteiger partial charge on any atom is 0.381 e. The minimum atomic E-state index is -4.59. The average Bonchev–Trinajstić information content (AvgIpc) is 2.35. The van der Waals surface area contributed by atoms with Crippen LogP contribution in [0, 0.1) is 6.92 Å². The highest BCUT2D eigenvalue weighted by molar-refractivity contribution is 7.52. The van der Waals surface area contributed by atoms with Gasteiger partial charge in [-0.05, 0) is 13.8 Å². The van der Waals surface area contributed by atoms with Gasteiger partial charge in [0, 0.05) is 18.9 Å². The minimum Gasteiger partial charge on any atom is -0.346 e. The molecule has 1 aromatic rings. The van der Waals surface area contributed by atoms with Gasteiger partial charge in [-0.15, -0.1) is 0 Å². The van der Waals surface area contributed by atoms with E-state index in [1.54, 1.807) is 0 Å². The Morgan fingerprint density at radius 3 is 2.55 bits per heavy atom. The topological polar surface area (TPSA) is 131 Å². The molecule has 0 fully saturated rings. The fraction of sp³-hybridized carbons (Fsp3) is 0.600. The minimum absolute atomic E-state index is 0.157. The summed E-state index contributed by atoms with van der Waals surface area (Å²) in [6, 6.07) is -1.74. The van der Waals surface area contributed by atoms with Gasteiger partial charge in [0.2, 0.25) is 0 Å². The van der Waals surface area contributed by atoms with E-state index in [0.717, 1.165) is 11.7 Å². The lowest BCUT2D eigenvalue weighted by atomic mass is 10.3. The van der Waals surface area contributed by atoms with Crippen LogP contribution in [0.4, 0.5) is 0 Å². The Morgan fingerprint density at radius 2 is 2.05 bits per heavy atom. The molecule has 1 rings (SSSR count). The Hall–Kier alpha value is -1.25. The second-order valence-corrected chi connectivity index (χ2v) is 5.87. The largest absolute Gasteiger partial charge is 0.381 e. The Balaban J connectivity index is 2.90. The quantitative estimate of drug-likeness (QED) is 0.470. The molecular formula is C10H17N2O7P. The van der Waals surface area contributed by atoms with Gasteiger partial charge >= 0.3 is 13.3 Å². The molecule has 0 amide bonds. The van der Waals surface area contributed by atoms with Crippen molar-refractivity contribution in [2.45, 2.75) is 32.5 Å². The highest BCUT2D eigenvalue weighted by Gasteiger charge is 2.31. The first-order chi connectivity index (χ1) is 9.16. The average molecular weight is 308 g/mol. The summed E-state index contributed by atoms with van der Waals surface area (Å²) in [5.41, 5.74) is -0.773. The van der Waals surface area contributed by atoms with E-state index in [1.165, 1.54) is 20.0 Å². The number of nitrogens with zero attached hydrogens (tertiary/aromatic N) is 1. The van der Waals surface area contributed by atoms with Crippen LogP contribution in [-0.2, 0) is 20.6 Å². The fourth-order valence-corrected chi connectivity index (χ4v) is 2.19. The molecule has 0 spiro atoms. The maximum absolute atomic E-state index is 11.8. The summed E-state index contributed by atoms with van der Waals surface area (Å²) in [6.07, 6.45) is 0.480. The van der Waals surface area contributed by atoms with Crippen LogP contribution < -0.4 is 11.2 Å². The lowest BCUT2D eigenvalue weighted by Crippen LogP contribution is -2.40. The first kappa shape index (κ1) is 16.8. The molecule has 3 N–H and O–H groups in total. The standard InChI is InChI=1S/C10H17N2O7P/c1-6-4-11-9(14)12(8(6)13)5-7(2)19-10(18-3)20(15,16)17/h4,7,10H,5H2,1-3H3,(H,11,14)(H2,15,16,17). The van der Waals surface area contributed by atoms with Crippen molar-refractivity contribution in [3.05, 3.63) is 32.6 Å². The molecule has 2 unspecified atom stereocenters. The van der Waals surface area contributed by atoms with E-state index in [2.05, 4.69) is 9.72 Å². The number of hydrogen-bond donors (Lipinski definition) is 3. The molecule has 20 heavy (non-hydrogen) atoms. The zero-order valence-electron chi connectivity index (χ0n) is 11.3. The molecule has 0 aliphatic rings. The van der Waals surface area contributed by atoms with Gasteiger partial charge in [0.05, 0.1) is 12.6 Å². The molecule has 10 heteroatoms. The second-order valence-electron chi connectivity index (χ2n) is 4.27. The molecule has 0 saturated heterocycles. The fourth-order valence-electron chi connectivity index (χ4n) is 1.55. The molecule has 0 bridgehead atoms. The van der Waals surface area contributed by atoms with Crippen molar-refractivity contribution >= 4 is 7.60 Å². The predicted octanol–water partition coefficient (Wildman–Crippen LogP) is -0.642. The van der Waals surface area contributed by atoms with E-state index in [-0.39, 0.29) is 6.54 Å². The third-order valence-electron chi connectivity index (χ3n) is 2.50. The third kappa shape index (κ3) is 4.12. The van der Waals surface area contributed by atoms with Crippen molar-refractivity contribution in [3.8, 4) is 0 Å². The van der Waals surface area contributed by atoms with E-state index in [9.17, 15) is 14.2 Å². The number of hydrogen-bond acceptors (Lipinski definition) is 5. The van der Waals surface area contributed by atoms with Crippen molar-refractivity contribution in [3.63, 3.8) is 0 Å². The molecule has 1 aromatic heterocycles. The van der Waals surface area contributed by atoms with Crippen LogP contribution in [0.5, 0.6) is 0 Å². The number of aromatic nitrogens is 2. The van der Waals surface area contributed by atoms with E-state index in [4.69, 9.17) is 14.5 Å². The monoisotopic (exact) mass is 308 g/mol. The van der Waals surface area contributed by atoms with Crippen molar-refractivity contribution < 1.29 is 23.8 Å². The Bertz CT molecular complexity index is 617. The van der Waals surface area contributed by atoms with Crippen LogP contribution in [0.25, 0.3) is 0 Å². The molecule has 0 aromatic carbocycles. The van der Waals surface area contributed by atoms with Crippen molar-refractivity contribution in [2.75, 3.05) is 7.11 Å². The van der Waals surface area contributed by atoms with E-state index < -0.39 is 31.0 Å². The summed E-state index contributed by atoms with van der Waals surface area (Å²) in [5.74, 6) is 0. The van der Waals surface area contributed by atoms with E-state index in [0.29, 0.717) is 5.56 Å². The van der Waals surface area contributed by atoms with Crippen LogP contribution in [0.1, 0.15) is 12.5 Å². The number of aryl methyl sites for hydroxylation is 1. The zero-order chi connectivity index (χ0) is 15.5. The lowest BCUT2D eigenvalue weighted by Gasteiger charge is -2.22. The van der Waals surface area contributed by atoms with Crippen molar-refractivity contribution in [1.29, 1.82) is 0 Å². The Kier molecular flexibility index (Phi) is 5.43. The summed E-state index contributed by atoms with van der Waals surface area (Å²) in [7, 11) is -3.50. The van der Waals surface area contributed by atoms with E-state index >= 15 is 0 Å². The summed E-state index contributed by atoms with van der Waals surface area (Å²) in [6.45, 7) is 2.85. The number of aromatic amines is 1. The molecule has 114 valence electrons. The summed E-state index contributed by atoms with van der Waals surface area (Å²) >= 11 is 0. The van der Waals surface area contributed by atoms with Gasteiger partial charge in [-0.1, -0.05) is 0 Å². The van der Waals surface area contributed by atoms with Gasteiger partial charge in [-0.2, -0.15) is 0 Å². The van der Waals surface area contributed by atoms with Crippen molar-refractivity contribution in [1.82, 2.24) is 9.55 Å². The van der Waals surface area contributed by atoms with Crippen LogP contribution in [0.15, 0.2) is 15.8 Å². The first-order valence-corrected chi connectivity index (χ1v) is 7.37.